The molecule has 1 saturated heterocycles. The molecule has 0 bridgehead atoms. The van der Waals surface area contributed by atoms with Crippen molar-refractivity contribution in [3.05, 3.63) is 58.5 Å². The van der Waals surface area contributed by atoms with Gasteiger partial charge in [-0.25, -0.2) is 0 Å². The highest BCUT2D eigenvalue weighted by Crippen LogP contribution is 2.51. The fourth-order valence-electron chi connectivity index (χ4n) is 5.11. The summed E-state index contributed by atoms with van der Waals surface area (Å²) in [4.78, 5) is 20.8. The molecule has 4 heterocycles. The number of amides is 1. The second-order valence-electron chi connectivity index (χ2n) is 9.51. The first-order valence-electron chi connectivity index (χ1n) is 11.9. The molecule has 1 amide bonds. The van der Waals surface area contributed by atoms with Crippen molar-refractivity contribution in [2.24, 2.45) is 5.41 Å². The Morgan fingerprint density at radius 2 is 2.17 bits per heavy atom. The van der Waals surface area contributed by atoms with Gasteiger partial charge in [-0.15, -0.1) is 0 Å². The van der Waals surface area contributed by atoms with Crippen LogP contribution in [0, 0.1) is 17.3 Å². The molecule has 1 atom stereocenters. The van der Waals surface area contributed by atoms with Gasteiger partial charge in [-0.3, -0.25) is 9.78 Å². The van der Waals surface area contributed by atoms with Gasteiger partial charge in [-0.2, -0.15) is 0 Å². The molecule has 2 aromatic heterocycles. The second-order valence-corrected chi connectivity index (χ2v) is 9.92. The number of H-pyrrole nitrogens is 1. The van der Waals surface area contributed by atoms with Crippen molar-refractivity contribution in [1.82, 2.24) is 20.6 Å². The summed E-state index contributed by atoms with van der Waals surface area (Å²) in [5, 5.41) is 10.4. The van der Waals surface area contributed by atoms with Crippen LogP contribution in [0.1, 0.15) is 40.9 Å². The van der Waals surface area contributed by atoms with Crippen molar-refractivity contribution in [1.29, 1.82) is 0 Å². The highest BCUT2D eigenvalue weighted by Gasteiger charge is 2.47. The summed E-state index contributed by atoms with van der Waals surface area (Å²) in [6, 6.07) is 7.62. The standard InChI is InChI=1S/C27H26ClN5O2/c1-35-25-19(28)3-2-4-21(25)33-24-22-20(8-12-30-26(22)34)32-23(24)18-7-11-29-14-16(18)5-6-17-13-27(9-10-27)15-31-17/h2-4,7,11,14,17,31-33H,8-10,12-13,15H2,1H3,(H,30,34)/t17-/m0/s1. The van der Waals surface area contributed by atoms with Gasteiger partial charge in [0.15, 0.2) is 5.75 Å². The normalized spacial score (nSPS) is 19.5. The summed E-state index contributed by atoms with van der Waals surface area (Å²) in [5.41, 5.74) is 5.79. The predicted octanol–water partition coefficient (Wildman–Crippen LogP) is 4.26. The van der Waals surface area contributed by atoms with Crippen LogP contribution in [0.5, 0.6) is 5.75 Å². The first-order valence-corrected chi connectivity index (χ1v) is 12.3. The molecule has 1 aromatic carbocycles. The SMILES string of the molecule is COc1c(Cl)cccc1Nc1c(-c2ccncc2C#C[C@H]2CC3(CC3)CN2)[nH]c2c1C(=O)NCC2. The number of fused-ring (bicyclic) bond motifs is 1. The Labute approximate surface area is 209 Å². The number of carbonyl (C=O) groups is 1. The number of anilines is 2. The number of carbonyl (C=O) groups excluding carboxylic acids is 1. The number of hydrogen-bond acceptors (Lipinski definition) is 5. The molecule has 3 aromatic rings. The van der Waals surface area contributed by atoms with E-state index in [4.69, 9.17) is 16.3 Å². The number of aromatic amines is 1. The summed E-state index contributed by atoms with van der Waals surface area (Å²) in [5.74, 6) is 7.18. The molecule has 0 radical (unpaired) electrons. The van der Waals surface area contributed by atoms with E-state index in [1.54, 1.807) is 25.6 Å². The zero-order valence-electron chi connectivity index (χ0n) is 19.4. The molecule has 8 heteroatoms. The average Bonchev–Trinajstić information content (AvgIpc) is 3.34. The second kappa shape index (κ2) is 8.63. The lowest BCUT2D eigenvalue weighted by Gasteiger charge is -2.17. The number of methoxy groups -OCH3 is 1. The lowest BCUT2D eigenvalue weighted by atomic mass is 10.0. The number of pyridine rings is 1. The van der Waals surface area contributed by atoms with E-state index in [1.165, 1.54) is 12.8 Å². The monoisotopic (exact) mass is 487 g/mol. The van der Waals surface area contributed by atoms with Crippen LogP contribution in [-0.4, -0.2) is 42.1 Å². The van der Waals surface area contributed by atoms with Gasteiger partial charge in [0.2, 0.25) is 0 Å². The van der Waals surface area contributed by atoms with Crippen molar-refractivity contribution in [2.75, 3.05) is 25.5 Å². The molecule has 35 heavy (non-hydrogen) atoms. The zero-order valence-corrected chi connectivity index (χ0v) is 20.2. The minimum absolute atomic E-state index is 0.121. The van der Waals surface area contributed by atoms with Crippen molar-refractivity contribution in [2.45, 2.75) is 31.7 Å². The van der Waals surface area contributed by atoms with Crippen LogP contribution in [0.15, 0.2) is 36.7 Å². The maximum absolute atomic E-state index is 12.9. The highest BCUT2D eigenvalue weighted by atomic mass is 35.5. The lowest BCUT2D eigenvalue weighted by Crippen LogP contribution is -2.31. The summed E-state index contributed by atoms with van der Waals surface area (Å²) in [6.07, 6.45) is 7.95. The Bertz CT molecular complexity index is 1380. The molecule has 178 valence electrons. The Hall–Kier alpha value is -3.47. The number of nitrogens with zero attached hydrogens (tertiary/aromatic N) is 1. The van der Waals surface area contributed by atoms with Crippen molar-refractivity contribution in [3.8, 4) is 28.8 Å². The number of aromatic nitrogens is 2. The summed E-state index contributed by atoms with van der Waals surface area (Å²) in [7, 11) is 1.58. The van der Waals surface area contributed by atoms with Gasteiger partial charge in [-0.05, 0) is 42.9 Å². The first-order chi connectivity index (χ1) is 17.1. The molecular formula is C27H26ClN5O2. The number of nitrogens with one attached hydrogen (secondary N) is 4. The van der Waals surface area contributed by atoms with E-state index < -0.39 is 0 Å². The number of benzene rings is 1. The average molecular weight is 488 g/mol. The van der Waals surface area contributed by atoms with E-state index in [1.807, 2.05) is 18.2 Å². The summed E-state index contributed by atoms with van der Waals surface area (Å²) in [6.45, 7) is 1.64. The van der Waals surface area contributed by atoms with Crippen LogP contribution in [-0.2, 0) is 6.42 Å². The molecule has 0 unspecified atom stereocenters. The fourth-order valence-corrected chi connectivity index (χ4v) is 5.36. The highest BCUT2D eigenvalue weighted by molar-refractivity contribution is 6.32. The van der Waals surface area contributed by atoms with Crippen LogP contribution in [0.25, 0.3) is 11.3 Å². The number of halogens is 1. The van der Waals surface area contributed by atoms with E-state index in [-0.39, 0.29) is 11.9 Å². The first kappa shape index (κ1) is 22.0. The van der Waals surface area contributed by atoms with Crippen LogP contribution in [0.4, 0.5) is 11.4 Å². The van der Waals surface area contributed by atoms with Crippen LogP contribution in [0.3, 0.4) is 0 Å². The molecule has 1 spiro atoms. The molecule has 2 aliphatic heterocycles. The Morgan fingerprint density at radius 1 is 1.29 bits per heavy atom. The third kappa shape index (κ3) is 4.03. The van der Waals surface area contributed by atoms with Crippen LogP contribution >= 0.6 is 11.6 Å². The Morgan fingerprint density at radius 3 is 2.97 bits per heavy atom. The van der Waals surface area contributed by atoms with Gasteiger partial charge < -0.3 is 25.7 Å². The molecule has 2 fully saturated rings. The fraction of sp³-hybridized carbons (Fsp3) is 0.333. The molecule has 1 aliphatic carbocycles. The molecule has 6 rings (SSSR count). The van der Waals surface area contributed by atoms with Crippen LogP contribution in [0.2, 0.25) is 5.02 Å². The predicted molar refractivity (Wildman–Crippen MR) is 136 cm³/mol. The maximum Gasteiger partial charge on any atom is 0.255 e. The van der Waals surface area contributed by atoms with E-state index >= 15 is 0 Å². The molecule has 1 saturated carbocycles. The number of rotatable bonds is 4. The number of ether oxygens (including phenoxy) is 1. The Balaban J connectivity index is 1.44. The minimum Gasteiger partial charge on any atom is -0.493 e. The number of para-hydroxylation sites is 1. The number of hydrogen-bond donors (Lipinski definition) is 4. The smallest absolute Gasteiger partial charge is 0.255 e. The van der Waals surface area contributed by atoms with Gasteiger partial charge in [0.25, 0.3) is 5.91 Å². The third-order valence-electron chi connectivity index (χ3n) is 7.19. The topological polar surface area (TPSA) is 91.1 Å². The zero-order chi connectivity index (χ0) is 24.0. The largest absolute Gasteiger partial charge is 0.493 e. The van der Waals surface area contributed by atoms with E-state index in [2.05, 4.69) is 37.8 Å². The molecule has 7 nitrogen and oxygen atoms in total. The van der Waals surface area contributed by atoms with Crippen molar-refractivity contribution < 1.29 is 9.53 Å². The molecule has 3 aliphatic rings. The lowest BCUT2D eigenvalue weighted by molar-refractivity contribution is 0.0947. The van der Waals surface area contributed by atoms with Crippen molar-refractivity contribution in [3.63, 3.8) is 0 Å². The van der Waals surface area contributed by atoms with Gasteiger partial charge in [-0.1, -0.05) is 29.5 Å². The summed E-state index contributed by atoms with van der Waals surface area (Å²) < 4.78 is 5.54. The van der Waals surface area contributed by atoms with E-state index in [0.29, 0.717) is 46.1 Å². The van der Waals surface area contributed by atoms with Crippen molar-refractivity contribution >= 4 is 28.9 Å². The molecule has 4 N–H and O–H groups in total. The van der Waals surface area contributed by atoms with Gasteiger partial charge >= 0.3 is 0 Å². The molecular weight excluding hydrogens is 462 g/mol. The quantitative estimate of drug-likeness (QED) is 0.413. The van der Waals surface area contributed by atoms with Gasteiger partial charge in [0.1, 0.15) is 0 Å². The third-order valence-corrected chi connectivity index (χ3v) is 7.48. The summed E-state index contributed by atoms with van der Waals surface area (Å²) >= 11 is 6.37. The van der Waals surface area contributed by atoms with E-state index in [9.17, 15) is 4.79 Å². The van der Waals surface area contributed by atoms with Gasteiger partial charge in [0.05, 0.1) is 46.4 Å². The Kier molecular flexibility index (Phi) is 5.43. The maximum atomic E-state index is 12.9. The van der Waals surface area contributed by atoms with Gasteiger partial charge in [0, 0.05) is 43.2 Å². The minimum atomic E-state index is -0.121. The van der Waals surface area contributed by atoms with E-state index in [0.717, 1.165) is 35.5 Å². The van der Waals surface area contributed by atoms with Crippen LogP contribution < -0.4 is 20.7 Å².